The number of hydrogen-bond acceptors (Lipinski definition) is 5. The Bertz CT molecular complexity index is 796. The zero-order valence-corrected chi connectivity index (χ0v) is 15.6. The van der Waals surface area contributed by atoms with Gasteiger partial charge in [0.15, 0.2) is 12.6 Å². The van der Waals surface area contributed by atoms with Gasteiger partial charge in [0.2, 0.25) is 0 Å². The summed E-state index contributed by atoms with van der Waals surface area (Å²) in [5.41, 5.74) is 0.315. The predicted molar refractivity (Wildman–Crippen MR) is 98.6 cm³/mol. The van der Waals surface area contributed by atoms with Crippen LogP contribution in [0.2, 0.25) is 0 Å². The van der Waals surface area contributed by atoms with Crippen molar-refractivity contribution in [3.63, 3.8) is 0 Å². The van der Waals surface area contributed by atoms with Crippen molar-refractivity contribution >= 4 is 11.8 Å². The molecule has 1 aliphatic heterocycles. The molecule has 0 saturated carbocycles. The first-order valence-electron chi connectivity index (χ1n) is 8.95. The molecular weight excluding hydrogens is 348 g/mol. The van der Waals surface area contributed by atoms with E-state index in [0.29, 0.717) is 30.8 Å². The molecule has 6 nitrogen and oxygen atoms in total. The van der Waals surface area contributed by atoms with Crippen LogP contribution in [-0.4, -0.2) is 36.4 Å². The van der Waals surface area contributed by atoms with E-state index >= 15 is 0 Å². The Kier molecular flexibility index (Phi) is 5.37. The number of carboxylic acids is 1. The van der Waals surface area contributed by atoms with Crippen molar-refractivity contribution in [1.29, 1.82) is 0 Å². The summed E-state index contributed by atoms with van der Waals surface area (Å²) in [6.45, 7) is 5.89. The van der Waals surface area contributed by atoms with Crippen LogP contribution in [0.5, 0.6) is 5.75 Å². The fourth-order valence-corrected chi connectivity index (χ4v) is 3.98. The third-order valence-electron chi connectivity index (χ3n) is 5.46. The minimum absolute atomic E-state index is 0.0123. The first-order valence-corrected chi connectivity index (χ1v) is 8.95. The molecule has 3 atom stereocenters. The van der Waals surface area contributed by atoms with Gasteiger partial charge in [-0.2, -0.15) is 0 Å². The highest BCUT2D eigenvalue weighted by molar-refractivity contribution is 5.94. The summed E-state index contributed by atoms with van der Waals surface area (Å²) in [7, 11) is 1.45. The lowest BCUT2D eigenvalue weighted by molar-refractivity contribution is -0.123. The highest BCUT2D eigenvalue weighted by atomic mass is 16.7. The predicted octanol–water partition coefficient (Wildman–Crippen LogP) is 3.36. The molecule has 0 unspecified atom stereocenters. The molecule has 27 heavy (non-hydrogen) atoms. The zero-order chi connectivity index (χ0) is 19.6. The fraction of sp³-hybridized carbons (Fsp3) is 0.429. The van der Waals surface area contributed by atoms with Crippen LogP contribution in [0.3, 0.4) is 0 Å². The summed E-state index contributed by atoms with van der Waals surface area (Å²) in [4.78, 5) is 23.8. The van der Waals surface area contributed by atoms with Crippen LogP contribution in [0, 0.1) is 11.8 Å². The summed E-state index contributed by atoms with van der Waals surface area (Å²) in [6.07, 6.45) is 5.01. The van der Waals surface area contributed by atoms with Gasteiger partial charge in [-0.15, -0.1) is 6.58 Å². The van der Waals surface area contributed by atoms with Crippen molar-refractivity contribution in [2.24, 2.45) is 11.8 Å². The number of allylic oxidation sites excluding steroid dienone is 2. The number of methoxy groups -OCH3 is 1. The normalized spacial score (nSPS) is 25.2. The molecule has 1 heterocycles. The molecule has 0 radical (unpaired) electrons. The van der Waals surface area contributed by atoms with Crippen LogP contribution in [0.4, 0.5) is 0 Å². The van der Waals surface area contributed by atoms with Gasteiger partial charge in [-0.3, -0.25) is 4.79 Å². The second-order valence-electron chi connectivity index (χ2n) is 7.08. The van der Waals surface area contributed by atoms with Crippen molar-refractivity contribution < 1.29 is 28.9 Å². The summed E-state index contributed by atoms with van der Waals surface area (Å²) >= 11 is 0. The van der Waals surface area contributed by atoms with E-state index in [1.54, 1.807) is 24.3 Å². The maximum Gasteiger partial charge on any atom is 0.339 e. The molecule has 0 bridgehead atoms. The van der Waals surface area contributed by atoms with Gasteiger partial charge in [0, 0.05) is 12.0 Å². The standard InChI is InChI=1S/C21H24O6/c1-4-5-15-11-21(19(10-17(15)22)26-12-27-21)13(2)8-14-6-7-18(25-3)16(9-14)20(23)24/h4,6-7,9-10,13,15H,1,5,8,11-12H2,2-3H3,(H,23,24)/t13-,15-,21+/m0/s1. The molecule has 1 aromatic rings. The number of carbonyl (C=O) groups is 2. The second-order valence-corrected chi connectivity index (χ2v) is 7.08. The molecule has 2 aliphatic rings. The largest absolute Gasteiger partial charge is 0.496 e. The van der Waals surface area contributed by atoms with Crippen molar-refractivity contribution in [3.05, 3.63) is 53.8 Å². The second kappa shape index (κ2) is 7.56. The monoisotopic (exact) mass is 372 g/mol. The first kappa shape index (κ1) is 19.2. The maximum absolute atomic E-state index is 12.3. The van der Waals surface area contributed by atoms with Crippen molar-refractivity contribution in [2.75, 3.05) is 13.9 Å². The van der Waals surface area contributed by atoms with Gasteiger partial charge in [0.25, 0.3) is 0 Å². The lowest BCUT2D eigenvalue weighted by atomic mass is 9.71. The minimum Gasteiger partial charge on any atom is -0.496 e. The van der Waals surface area contributed by atoms with Crippen molar-refractivity contribution in [2.45, 2.75) is 31.8 Å². The summed E-state index contributed by atoms with van der Waals surface area (Å²) in [5.74, 6) is -0.284. The summed E-state index contributed by atoms with van der Waals surface area (Å²) in [5, 5.41) is 9.40. The van der Waals surface area contributed by atoms with Crippen LogP contribution >= 0.6 is 0 Å². The van der Waals surface area contributed by atoms with E-state index in [1.807, 2.05) is 13.0 Å². The first-order chi connectivity index (χ1) is 12.9. The Labute approximate surface area is 158 Å². The Morgan fingerprint density at radius 1 is 1.52 bits per heavy atom. The van der Waals surface area contributed by atoms with E-state index in [2.05, 4.69) is 6.58 Å². The van der Waals surface area contributed by atoms with Crippen LogP contribution < -0.4 is 4.74 Å². The quantitative estimate of drug-likeness (QED) is 0.739. The number of carbonyl (C=O) groups excluding carboxylic acids is 1. The Balaban J connectivity index is 1.88. The van der Waals surface area contributed by atoms with Crippen LogP contribution in [0.15, 0.2) is 42.7 Å². The number of hydrogen-bond donors (Lipinski definition) is 1. The molecule has 3 rings (SSSR count). The number of fused-ring (bicyclic) bond motifs is 1. The van der Waals surface area contributed by atoms with Gasteiger partial charge in [0.05, 0.1) is 7.11 Å². The van der Waals surface area contributed by atoms with Crippen molar-refractivity contribution in [3.8, 4) is 5.75 Å². The molecule has 6 heteroatoms. The topological polar surface area (TPSA) is 82.1 Å². The van der Waals surface area contributed by atoms with Crippen molar-refractivity contribution in [1.82, 2.24) is 0 Å². The smallest absolute Gasteiger partial charge is 0.339 e. The zero-order valence-electron chi connectivity index (χ0n) is 15.6. The van der Waals surface area contributed by atoms with E-state index < -0.39 is 11.6 Å². The highest BCUT2D eigenvalue weighted by Gasteiger charge is 2.51. The molecule has 0 amide bonds. The number of rotatable bonds is 7. The third-order valence-corrected chi connectivity index (χ3v) is 5.46. The highest BCUT2D eigenvalue weighted by Crippen LogP contribution is 2.46. The summed E-state index contributed by atoms with van der Waals surface area (Å²) in [6, 6.07) is 5.15. The van der Waals surface area contributed by atoms with E-state index in [0.717, 1.165) is 5.56 Å². The number of ether oxygens (including phenoxy) is 3. The average molecular weight is 372 g/mol. The van der Waals surface area contributed by atoms with Gasteiger partial charge >= 0.3 is 5.97 Å². The Morgan fingerprint density at radius 3 is 2.96 bits per heavy atom. The molecular formula is C21H24O6. The molecule has 1 saturated heterocycles. The van der Waals surface area contributed by atoms with E-state index in [9.17, 15) is 14.7 Å². The van der Waals surface area contributed by atoms with Crippen LogP contribution in [0.1, 0.15) is 35.7 Å². The van der Waals surface area contributed by atoms with E-state index in [1.165, 1.54) is 7.11 Å². The van der Waals surface area contributed by atoms with Crippen LogP contribution in [0.25, 0.3) is 0 Å². The summed E-state index contributed by atoms with van der Waals surface area (Å²) < 4.78 is 16.7. The molecule has 1 N–H and O–H groups in total. The van der Waals surface area contributed by atoms with Crippen LogP contribution in [-0.2, 0) is 20.7 Å². The van der Waals surface area contributed by atoms with Gasteiger partial charge in [-0.1, -0.05) is 19.1 Å². The minimum atomic E-state index is -1.03. The maximum atomic E-state index is 12.3. The third kappa shape index (κ3) is 3.49. The number of carboxylic acid groups (broad SMARTS) is 1. The molecule has 0 spiro atoms. The fourth-order valence-electron chi connectivity index (χ4n) is 3.98. The number of benzene rings is 1. The van der Waals surface area contributed by atoms with Gasteiger partial charge in [0.1, 0.15) is 22.7 Å². The Hall–Kier alpha value is -2.60. The molecule has 1 aromatic carbocycles. The van der Waals surface area contributed by atoms with Gasteiger partial charge < -0.3 is 19.3 Å². The Morgan fingerprint density at radius 2 is 2.30 bits per heavy atom. The van der Waals surface area contributed by atoms with Gasteiger partial charge in [-0.05, 0) is 42.9 Å². The van der Waals surface area contributed by atoms with E-state index in [4.69, 9.17) is 14.2 Å². The molecule has 0 aromatic heterocycles. The SMILES string of the molecule is C=CC[C@H]1C[C@]2([C@@H](C)Cc3ccc(OC)c(C(=O)O)c3)OCOC2=CC1=O. The molecule has 1 fully saturated rings. The van der Waals surface area contributed by atoms with Gasteiger partial charge in [-0.25, -0.2) is 4.79 Å². The molecule has 1 aliphatic carbocycles. The average Bonchev–Trinajstić information content (AvgIpc) is 3.06. The number of ketones is 1. The lowest BCUT2D eigenvalue weighted by Gasteiger charge is -2.38. The number of aromatic carboxylic acids is 1. The van der Waals surface area contributed by atoms with E-state index in [-0.39, 0.29) is 30.0 Å². The molecule has 144 valence electrons. The lowest BCUT2D eigenvalue weighted by Crippen LogP contribution is -2.44.